The van der Waals surface area contributed by atoms with Crippen molar-refractivity contribution in [2.24, 2.45) is 0 Å². The lowest BCUT2D eigenvalue weighted by Gasteiger charge is -2.09. The van der Waals surface area contributed by atoms with Crippen molar-refractivity contribution in [1.82, 2.24) is 19.7 Å². The van der Waals surface area contributed by atoms with E-state index in [1.807, 2.05) is 18.2 Å². The van der Waals surface area contributed by atoms with E-state index in [1.165, 1.54) is 0 Å². The number of aryl methyl sites for hydroxylation is 1. The van der Waals surface area contributed by atoms with Crippen LogP contribution in [0.2, 0.25) is 0 Å². The first-order valence-electron chi connectivity index (χ1n) is 5.35. The number of hydrogen-bond acceptors (Lipinski definition) is 4. The Labute approximate surface area is 96.9 Å². The Morgan fingerprint density at radius 3 is 3.06 bits per heavy atom. The molecule has 6 heteroatoms. The predicted octanol–water partition coefficient (Wildman–Crippen LogP) is 0.907. The fourth-order valence-electron chi connectivity index (χ4n) is 2.10. The minimum Gasteiger partial charge on any atom is -0.475 e. The van der Waals surface area contributed by atoms with Gasteiger partial charge in [0.25, 0.3) is 5.82 Å². The maximum absolute atomic E-state index is 10.8. The highest BCUT2D eigenvalue weighted by Gasteiger charge is 2.29. The van der Waals surface area contributed by atoms with Gasteiger partial charge in [-0.15, -0.1) is 5.10 Å². The van der Waals surface area contributed by atoms with Gasteiger partial charge in [-0.25, -0.2) is 14.5 Å². The third-order valence-corrected chi connectivity index (χ3v) is 2.86. The van der Waals surface area contributed by atoms with Gasteiger partial charge >= 0.3 is 5.97 Å². The Balaban J connectivity index is 2.01. The van der Waals surface area contributed by atoms with Crippen molar-refractivity contribution in [3.05, 3.63) is 41.7 Å². The minimum atomic E-state index is -1.09. The van der Waals surface area contributed by atoms with Crippen LogP contribution in [0.3, 0.4) is 0 Å². The predicted molar refractivity (Wildman–Crippen MR) is 57.7 cm³/mol. The second-order valence-electron chi connectivity index (χ2n) is 3.91. The number of fused-ring (bicyclic) bond motifs is 1. The molecule has 17 heavy (non-hydrogen) atoms. The molecule has 0 amide bonds. The molecule has 86 valence electrons. The molecule has 2 aromatic heterocycles. The highest BCUT2D eigenvalue weighted by atomic mass is 16.4. The molecule has 1 aliphatic rings. The van der Waals surface area contributed by atoms with Crippen molar-refractivity contribution >= 4 is 5.97 Å². The van der Waals surface area contributed by atoms with Crippen LogP contribution in [0.5, 0.6) is 0 Å². The summed E-state index contributed by atoms with van der Waals surface area (Å²) in [6.45, 7) is 0. The molecule has 1 aliphatic heterocycles. The zero-order valence-electron chi connectivity index (χ0n) is 8.95. The molecule has 1 unspecified atom stereocenters. The van der Waals surface area contributed by atoms with Crippen molar-refractivity contribution in [1.29, 1.82) is 0 Å². The fraction of sp³-hybridized carbons (Fsp3) is 0.273. The molecular weight excluding hydrogens is 220 g/mol. The molecule has 6 nitrogen and oxygen atoms in total. The number of carboxylic acids is 1. The average molecular weight is 230 g/mol. The van der Waals surface area contributed by atoms with Crippen molar-refractivity contribution < 1.29 is 9.90 Å². The first kappa shape index (κ1) is 9.95. The maximum atomic E-state index is 10.8. The maximum Gasteiger partial charge on any atom is 0.375 e. The Kier molecular flexibility index (Phi) is 2.14. The summed E-state index contributed by atoms with van der Waals surface area (Å²) in [5.74, 6) is -0.509. The van der Waals surface area contributed by atoms with Gasteiger partial charge in [0.1, 0.15) is 5.82 Å². The summed E-state index contributed by atoms with van der Waals surface area (Å²) in [5, 5.41) is 12.9. The third-order valence-electron chi connectivity index (χ3n) is 2.86. The smallest absolute Gasteiger partial charge is 0.375 e. The highest BCUT2D eigenvalue weighted by Crippen LogP contribution is 2.28. The second-order valence-corrected chi connectivity index (χ2v) is 3.91. The van der Waals surface area contributed by atoms with E-state index in [0.717, 1.165) is 24.4 Å². The number of carbonyl (C=O) groups is 1. The lowest BCUT2D eigenvalue weighted by atomic mass is 10.1. The van der Waals surface area contributed by atoms with Gasteiger partial charge in [-0.2, -0.15) is 0 Å². The standard InChI is InChI=1S/C11H10N4O2/c16-11(17)10-13-9-5-4-8(15(9)14-10)7-3-1-2-6-12-7/h1-3,6,8H,4-5H2,(H,16,17). The van der Waals surface area contributed by atoms with Crippen LogP contribution in [0.25, 0.3) is 0 Å². The summed E-state index contributed by atoms with van der Waals surface area (Å²) in [7, 11) is 0. The summed E-state index contributed by atoms with van der Waals surface area (Å²) < 4.78 is 1.67. The van der Waals surface area contributed by atoms with Gasteiger partial charge < -0.3 is 5.11 Å². The average Bonchev–Trinajstić information content (AvgIpc) is 2.89. The van der Waals surface area contributed by atoms with Gasteiger partial charge in [-0.3, -0.25) is 4.98 Å². The van der Waals surface area contributed by atoms with Gasteiger partial charge in [0.15, 0.2) is 0 Å². The molecule has 0 aliphatic carbocycles. The van der Waals surface area contributed by atoms with Crippen molar-refractivity contribution in [3.8, 4) is 0 Å². The molecule has 1 atom stereocenters. The van der Waals surface area contributed by atoms with Crippen molar-refractivity contribution in [2.45, 2.75) is 18.9 Å². The Morgan fingerprint density at radius 2 is 2.35 bits per heavy atom. The molecule has 0 aromatic carbocycles. The lowest BCUT2D eigenvalue weighted by Crippen LogP contribution is -2.10. The van der Waals surface area contributed by atoms with Crippen LogP contribution >= 0.6 is 0 Å². The number of aromatic carboxylic acids is 1. The molecule has 3 heterocycles. The number of hydrogen-bond donors (Lipinski definition) is 1. The molecule has 0 spiro atoms. The third kappa shape index (κ3) is 1.57. The quantitative estimate of drug-likeness (QED) is 0.829. The molecular formula is C11H10N4O2. The number of pyridine rings is 1. The summed E-state index contributed by atoms with van der Waals surface area (Å²) in [6, 6.07) is 5.69. The van der Waals surface area contributed by atoms with Crippen LogP contribution in [-0.4, -0.2) is 30.8 Å². The first-order valence-corrected chi connectivity index (χ1v) is 5.35. The number of nitrogens with zero attached hydrogens (tertiary/aromatic N) is 4. The van der Waals surface area contributed by atoms with Gasteiger partial charge in [0, 0.05) is 12.6 Å². The largest absolute Gasteiger partial charge is 0.475 e. The van der Waals surface area contributed by atoms with Crippen LogP contribution in [0.1, 0.15) is 34.6 Å². The summed E-state index contributed by atoms with van der Waals surface area (Å²) in [5.41, 5.74) is 0.896. The van der Waals surface area contributed by atoms with E-state index in [0.29, 0.717) is 0 Å². The molecule has 0 bridgehead atoms. The van der Waals surface area contributed by atoms with E-state index < -0.39 is 5.97 Å². The monoisotopic (exact) mass is 230 g/mol. The molecule has 1 N–H and O–H groups in total. The van der Waals surface area contributed by atoms with E-state index in [9.17, 15) is 4.79 Å². The van der Waals surface area contributed by atoms with E-state index in [2.05, 4.69) is 15.1 Å². The molecule has 0 radical (unpaired) electrons. The second kappa shape index (κ2) is 3.65. The van der Waals surface area contributed by atoms with Crippen LogP contribution in [0.15, 0.2) is 24.4 Å². The Morgan fingerprint density at radius 1 is 1.47 bits per heavy atom. The SMILES string of the molecule is O=C(O)c1nc2n(n1)C(c1ccccn1)CC2. The molecule has 0 saturated heterocycles. The van der Waals surface area contributed by atoms with E-state index >= 15 is 0 Å². The number of rotatable bonds is 2. The fourth-order valence-corrected chi connectivity index (χ4v) is 2.10. The van der Waals surface area contributed by atoms with Crippen LogP contribution in [-0.2, 0) is 6.42 Å². The zero-order valence-corrected chi connectivity index (χ0v) is 8.95. The molecule has 2 aromatic rings. The first-order chi connectivity index (χ1) is 8.25. The van der Waals surface area contributed by atoms with E-state index in [-0.39, 0.29) is 11.9 Å². The molecule has 0 fully saturated rings. The van der Waals surface area contributed by atoms with Gasteiger partial charge in [0.05, 0.1) is 11.7 Å². The normalized spacial score (nSPS) is 18.0. The topological polar surface area (TPSA) is 80.9 Å². The van der Waals surface area contributed by atoms with Gasteiger partial charge in [0.2, 0.25) is 0 Å². The van der Waals surface area contributed by atoms with Crippen molar-refractivity contribution in [3.63, 3.8) is 0 Å². The van der Waals surface area contributed by atoms with Crippen LogP contribution in [0.4, 0.5) is 0 Å². The minimum absolute atomic E-state index is 0.00630. The Hall–Kier alpha value is -2.24. The van der Waals surface area contributed by atoms with Gasteiger partial charge in [-0.05, 0) is 18.6 Å². The van der Waals surface area contributed by atoms with Crippen LogP contribution < -0.4 is 0 Å². The van der Waals surface area contributed by atoms with E-state index in [1.54, 1.807) is 10.9 Å². The summed E-state index contributed by atoms with van der Waals surface area (Å²) >= 11 is 0. The summed E-state index contributed by atoms with van der Waals surface area (Å²) in [6.07, 6.45) is 3.33. The van der Waals surface area contributed by atoms with Crippen LogP contribution in [0, 0.1) is 0 Å². The molecule has 3 rings (SSSR count). The number of carboxylic acid groups (broad SMARTS) is 1. The highest BCUT2D eigenvalue weighted by molar-refractivity contribution is 5.82. The van der Waals surface area contributed by atoms with Crippen molar-refractivity contribution in [2.75, 3.05) is 0 Å². The van der Waals surface area contributed by atoms with E-state index in [4.69, 9.17) is 5.11 Å². The zero-order chi connectivity index (χ0) is 11.8. The lowest BCUT2D eigenvalue weighted by molar-refractivity contribution is 0.0683. The molecule has 0 saturated carbocycles. The Bertz CT molecular complexity index is 564. The van der Waals surface area contributed by atoms with Gasteiger partial charge in [-0.1, -0.05) is 6.07 Å². The summed E-state index contributed by atoms with van der Waals surface area (Å²) in [4.78, 5) is 19.1. The number of aromatic nitrogens is 4.